The van der Waals surface area contributed by atoms with Crippen molar-refractivity contribution >= 4 is 34.7 Å². The lowest BCUT2D eigenvalue weighted by Gasteiger charge is -2.42. The molecule has 0 radical (unpaired) electrons. The molecule has 2 aliphatic heterocycles. The van der Waals surface area contributed by atoms with E-state index in [0.29, 0.717) is 36.3 Å². The fourth-order valence-electron chi connectivity index (χ4n) is 3.52. The number of aromatic nitrogens is 1. The zero-order valence-electron chi connectivity index (χ0n) is 14.4. The number of rotatable bonds is 2. The van der Waals surface area contributed by atoms with Crippen molar-refractivity contribution in [1.82, 2.24) is 9.88 Å². The van der Waals surface area contributed by atoms with Gasteiger partial charge in [-0.25, -0.2) is 4.79 Å². The van der Waals surface area contributed by atoms with Crippen LogP contribution in [0.1, 0.15) is 13.3 Å². The molecule has 1 spiro atoms. The highest BCUT2D eigenvalue weighted by Gasteiger charge is 2.44. The standard InChI is InChI=1S/C18H20ClN3O3S/c1-12-9-22(10-18(25-12)6-8-24-11-18)17(23)21-13-3-2-7-20-16(13)14-4-5-15(19)26-14/h2-5,7,12H,6,8-11H2,1H3,(H,21,23). The SMILES string of the molecule is CC1CN(C(=O)Nc2cccnc2-c2ccc(Cl)s2)CC2(CCOC2)O1. The van der Waals surface area contributed by atoms with Crippen LogP contribution >= 0.6 is 22.9 Å². The van der Waals surface area contributed by atoms with E-state index in [1.54, 1.807) is 11.1 Å². The van der Waals surface area contributed by atoms with Crippen LogP contribution < -0.4 is 5.32 Å². The van der Waals surface area contributed by atoms with Gasteiger partial charge in [0.25, 0.3) is 0 Å². The van der Waals surface area contributed by atoms with Gasteiger partial charge in [0.2, 0.25) is 0 Å². The van der Waals surface area contributed by atoms with Crippen molar-refractivity contribution in [3.05, 3.63) is 34.8 Å². The van der Waals surface area contributed by atoms with E-state index in [4.69, 9.17) is 21.1 Å². The summed E-state index contributed by atoms with van der Waals surface area (Å²) in [5.74, 6) is 0. The number of ether oxygens (including phenoxy) is 2. The summed E-state index contributed by atoms with van der Waals surface area (Å²) in [6, 6.07) is 7.25. The Balaban J connectivity index is 1.53. The van der Waals surface area contributed by atoms with Gasteiger partial charge in [0.15, 0.2) is 0 Å². The Kier molecular flexibility index (Phi) is 4.88. The Labute approximate surface area is 161 Å². The van der Waals surface area contributed by atoms with E-state index < -0.39 is 0 Å². The van der Waals surface area contributed by atoms with Crippen molar-refractivity contribution in [1.29, 1.82) is 0 Å². The highest BCUT2D eigenvalue weighted by Crippen LogP contribution is 2.34. The number of thiophene rings is 1. The summed E-state index contributed by atoms with van der Waals surface area (Å²) < 4.78 is 12.3. The molecule has 2 amide bonds. The number of halogens is 1. The van der Waals surface area contributed by atoms with Crippen LogP contribution in [0.3, 0.4) is 0 Å². The van der Waals surface area contributed by atoms with E-state index in [1.807, 2.05) is 31.2 Å². The molecule has 2 aromatic heterocycles. The first-order valence-corrected chi connectivity index (χ1v) is 9.76. The van der Waals surface area contributed by atoms with Gasteiger partial charge in [-0.3, -0.25) is 4.98 Å². The molecule has 4 heterocycles. The van der Waals surface area contributed by atoms with E-state index in [-0.39, 0.29) is 17.7 Å². The van der Waals surface area contributed by atoms with Crippen LogP contribution in [-0.4, -0.2) is 53.9 Å². The molecule has 0 aromatic carbocycles. The first-order valence-electron chi connectivity index (χ1n) is 8.57. The lowest BCUT2D eigenvalue weighted by atomic mass is 9.99. The maximum absolute atomic E-state index is 12.9. The fourth-order valence-corrected chi connectivity index (χ4v) is 4.58. The Morgan fingerprint density at radius 1 is 1.46 bits per heavy atom. The molecule has 2 aromatic rings. The number of amides is 2. The van der Waals surface area contributed by atoms with Crippen LogP contribution in [0.15, 0.2) is 30.5 Å². The average molecular weight is 394 g/mol. The van der Waals surface area contributed by atoms with E-state index in [1.165, 1.54) is 11.3 Å². The van der Waals surface area contributed by atoms with Gasteiger partial charge >= 0.3 is 6.03 Å². The van der Waals surface area contributed by atoms with Crippen molar-refractivity contribution in [2.75, 3.05) is 31.6 Å². The highest BCUT2D eigenvalue weighted by molar-refractivity contribution is 7.19. The van der Waals surface area contributed by atoms with Crippen molar-refractivity contribution in [3.63, 3.8) is 0 Å². The maximum Gasteiger partial charge on any atom is 0.322 e. The van der Waals surface area contributed by atoms with Gasteiger partial charge in [-0.1, -0.05) is 11.6 Å². The van der Waals surface area contributed by atoms with E-state index in [2.05, 4.69) is 10.3 Å². The number of hydrogen-bond donors (Lipinski definition) is 1. The van der Waals surface area contributed by atoms with E-state index in [9.17, 15) is 4.79 Å². The summed E-state index contributed by atoms with van der Waals surface area (Å²) in [5, 5.41) is 3.01. The summed E-state index contributed by atoms with van der Waals surface area (Å²) in [4.78, 5) is 20.1. The second-order valence-electron chi connectivity index (χ2n) is 6.73. The predicted molar refractivity (Wildman–Crippen MR) is 102 cm³/mol. The summed E-state index contributed by atoms with van der Waals surface area (Å²) in [7, 11) is 0. The molecule has 2 fully saturated rings. The molecule has 0 saturated carbocycles. The molecule has 2 aliphatic rings. The van der Waals surface area contributed by atoms with Crippen molar-refractivity contribution in [3.8, 4) is 10.6 Å². The molecule has 0 aliphatic carbocycles. The summed E-state index contributed by atoms with van der Waals surface area (Å²) in [6.45, 7) is 4.28. The molecule has 138 valence electrons. The number of urea groups is 1. The van der Waals surface area contributed by atoms with Gasteiger partial charge in [-0.15, -0.1) is 11.3 Å². The minimum absolute atomic E-state index is 0.0272. The predicted octanol–water partition coefficient (Wildman–Crippen LogP) is 3.88. The van der Waals surface area contributed by atoms with E-state index in [0.717, 1.165) is 17.0 Å². The molecule has 2 unspecified atom stereocenters. The van der Waals surface area contributed by atoms with Gasteiger partial charge in [-0.2, -0.15) is 0 Å². The Morgan fingerprint density at radius 2 is 2.35 bits per heavy atom. The fraction of sp³-hybridized carbons (Fsp3) is 0.444. The quantitative estimate of drug-likeness (QED) is 0.841. The summed E-state index contributed by atoms with van der Waals surface area (Å²) in [5.41, 5.74) is 1.01. The number of anilines is 1. The second-order valence-corrected chi connectivity index (χ2v) is 8.44. The topological polar surface area (TPSA) is 63.7 Å². The van der Waals surface area contributed by atoms with Crippen LogP contribution in [0.25, 0.3) is 10.6 Å². The van der Waals surface area contributed by atoms with Crippen LogP contribution in [0.2, 0.25) is 4.34 Å². The third-order valence-corrected chi connectivity index (χ3v) is 5.86. The first kappa shape index (κ1) is 17.7. The van der Waals surface area contributed by atoms with Crippen molar-refractivity contribution in [2.24, 2.45) is 0 Å². The lowest BCUT2D eigenvalue weighted by Crippen LogP contribution is -2.57. The molecule has 8 heteroatoms. The summed E-state index contributed by atoms with van der Waals surface area (Å²) >= 11 is 7.48. The molecular weight excluding hydrogens is 374 g/mol. The van der Waals surface area contributed by atoms with Gasteiger partial charge < -0.3 is 19.7 Å². The number of morpholine rings is 1. The lowest BCUT2D eigenvalue weighted by molar-refractivity contribution is -0.136. The molecular formula is C18H20ClN3O3S. The monoisotopic (exact) mass is 393 g/mol. The number of carbonyl (C=O) groups excluding carboxylic acids is 1. The second kappa shape index (κ2) is 7.15. The maximum atomic E-state index is 12.9. The molecule has 1 N–H and O–H groups in total. The third-order valence-electron chi connectivity index (χ3n) is 4.62. The minimum atomic E-state index is -0.381. The van der Waals surface area contributed by atoms with Crippen molar-refractivity contribution in [2.45, 2.75) is 25.0 Å². The largest absolute Gasteiger partial charge is 0.378 e. The van der Waals surface area contributed by atoms with E-state index >= 15 is 0 Å². The zero-order chi connectivity index (χ0) is 18.1. The molecule has 0 bridgehead atoms. The Hall–Kier alpha value is -1.67. The number of carbonyl (C=O) groups is 1. The zero-order valence-corrected chi connectivity index (χ0v) is 16.0. The van der Waals surface area contributed by atoms with Gasteiger partial charge in [0.05, 0.1) is 34.2 Å². The van der Waals surface area contributed by atoms with Gasteiger partial charge in [-0.05, 0) is 31.2 Å². The molecule has 2 atom stereocenters. The van der Waals surface area contributed by atoms with Crippen LogP contribution in [0.4, 0.5) is 10.5 Å². The first-order chi connectivity index (χ1) is 12.5. The summed E-state index contributed by atoms with van der Waals surface area (Å²) in [6.07, 6.45) is 2.49. The Bertz CT molecular complexity index is 806. The van der Waals surface area contributed by atoms with Crippen LogP contribution in [-0.2, 0) is 9.47 Å². The van der Waals surface area contributed by atoms with Crippen LogP contribution in [0.5, 0.6) is 0 Å². The highest BCUT2D eigenvalue weighted by atomic mass is 35.5. The smallest absolute Gasteiger partial charge is 0.322 e. The van der Waals surface area contributed by atoms with Crippen molar-refractivity contribution < 1.29 is 14.3 Å². The number of pyridine rings is 1. The number of nitrogens with one attached hydrogen (secondary N) is 1. The third kappa shape index (κ3) is 3.57. The molecule has 2 saturated heterocycles. The molecule has 6 nitrogen and oxygen atoms in total. The van der Waals surface area contributed by atoms with Gasteiger partial charge in [0.1, 0.15) is 11.3 Å². The Morgan fingerprint density at radius 3 is 3.08 bits per heavy atom. The number of nitrogens with zero attached hydrogens (tertiary/aromatic N) is 2. The van der Waals surface area contributed by atoms with Gasteiger partial charge in [0, 0.05) is 25.8 Å². The minimum Gasteiger partial charge on any atom is -0.378 e. The molecule has 4 rings (SSSR count). The normalized spacial score (nSPS) is 25.6. The molecule has 26 heavy (non-hydrogen) atoms. The van der Waals surface area contributed by atoms with Crippen LogP contribution in [0, 0.1) is 0 Å². The average Bonchev–Trinajstić information content (AvgIpc) is 3.24. The number of hydrogen-bond acceptors (Lipinski definition) is 5.